The van der Waals surface area contributed by atoms with Crippen LogP contribution >= 0.6 is 0 Å². The van der Waals surface area contributed by atoms with Crippen molar-refractivity contribution >= 4 is 28.3 Å². The van der Waals surface area contributed by atoms with Gasteiger partial charge in [-0.3, -0.25) is 5.41 Å². The molecule has 0 spiro atoms. The summed E-state index contributed by atoms with van der Waals surface area (Å²) in [5, 5.41) is 14.8. The first kappa shape index (κ1) is 14.4. The molecule has 24 heavy (non-hydrogen) atoms. The van der Waals surface area contributed by atoms with E-state index in [-0.39, 0.29) is 5.96 Å². The van der Waals surface area contributed by atoms with Crippen molar-refractivity contribution < 1.29 is 0 Å². The Bertz CT molecular complexity index is 951. The predicted molar refractivity (Wildman–Crippen MR) is 99.1 cm³/mol. The number of benzene rings is 2. The molecular formula is C19H19N5. The normalized spacial score (nSPS) is 13.1. The Labute approximate surface area is 140 Å². The molecule has 1 aromatic heterocycles. The maximum atomic E-state index is 7.30. The van der Waals surface area contributed by atoms with Crippen LogP contribution in [0.4, 0.5) is 5.82 Å². The summed E-state index contributed by atoms with van der Waals surface area (Å²) in [6, 6.07) is 16.7. The monoisotopic (exact) mass is 317 g/mol. The zero-order chi connectivity index (χ0) is 16.5. The molecule has 120 valence electrons. The van der Waals surface area contributed by atoms with Crippen LogP contribution in [-0.2, 0) is 6.54 Å². The van der Waals surface area contributed by atoms with Crippen molar-refractivity contribution in [2.45, 2.75) is 6.54 Å². The number of nitrogens with one attached hydrogen (secondary N) is 4. The highest BCUT2D eigenvalue weighted by atomic mass is 15.0. The standard InChI is InChI=1S/C19H19N5/c20-19(21)23-11-12-4-3-5-13(10-12)14-8-9-22-18-17(14)15-6-1-2-7-16(15)24-18/h1-8,10,22,24H,9,11H2,(H4,20,21,23). The topological polar surface area (TPSA) is 89.7 Å². The SMILES string of the molecule is N=C(N)NCc1cccc(C2=CCNc3[nH]c4ccccc4c32)c1. The highest BCUT2D eigenvalue weighted by Crippen LogP contribution is 2.38. The lowest BCUT2D eigenvalue weighted by Gasteiger charge is -2.17. The molecule has 2 aromatic carbocycles. The molecule has 0 amide bonds. The number of hydrogen-bond donors (Lipinski definition) is 5. The molecule has 1 aliphatic rings. The second-order valence-electron chi connectivity index (χ2n) is 5.89. The van der Waals surface area contributed by atoms with E-state index in [1.165, 1.54) is 22.1 Å². The van der Waals surface area contributed by atoms with Crippen molar-refractivity contribution in [1.82, 2.24) is 10.3 Å². The van der Waals surface area contributed by atoms with Gasteiger partial charge >= 0.3 is 0 Å². The molecule has 6 N–H and O–H groups in total. The number of aromatic nitrogens is 1. The van der Waals surface area contributed by atoms with E-state index in [1.54, 1.807) is 0 Å². The Morgan fingerprint density at radius 1 is 1.17 bits per heavy atom. The Kier molecular flexibility index (Phi) is 3.46. The zero-order valence-electron chi connectivity index (χ0n) is 13.2. The van der Waals surface area contributed by atoms with E-state index in [0.29, 0.717) is 6.54 Å². The van der Waals surface area contributed by atoms with Crippen molar-refractivity contribution in [3.05, 3.63) is 71.3 Å². The van der Waals surface area contributed by atoms with Crippen molar-refractivity contribution in [2.75, 3.05) is 11.9 Å². The van der Waals surface area contributed by atoms with Gasteiger partial charge in [0, 0.05) is 29.6 Å². The lowest BCUT2D eigenvalue weighted by molar-refractivity contribution is 0.896. The second kappa shape index (κ2) is 5.77. The molecule has 3 aromatic rings. The fourth-order valence-corrected chi connectivity index (χ4v) is 3.22. The van der Waals surface area contributed by atoms with E-state index in [4.69, 9.17) is 11.1 Å². The molecule has 0 saturated heterocycles. The molecule has 0 atom stereocenters. The lowest BCUT2D eigenvalue weighted by Crippen LogP contribution is -2.29. The summed E-state index contributed by atoms with van der Waals surface area (Å²) < 4.78 is 0. The van der Waals surface area contributed by atoms with Crippen LogP contribution in [-0.4, -0.2) is 17.5 Å². The predicted octanol–water partition coefficient (Wildman–Crippen LogP) is 3.01. The van der Waals surface area contributed by atoms with E-state index >= 15 is 0 Å². The third-order valence-electron chi connectivity index (χ3n) is 4.28. The first-order chi connectivity index (χ1) is 11.7. The van der Waals surface area contributed by atoms with Crippen LogP contribution in [0.25, 0.3) is 16.5 Å². The number of nitrogens with two attached hydrogens (primary N) is 1. The molecule has 0 aliphatic carbocycles. The number of hydrogen-bond acceptors (Lipinski definition) is 2. The molecule has 0 radical (unpaired) electrons. The number of fused-ring (bicyclic) bond motifs is 3. The average molecular weight is 317 g/mol. The quantitative estimate of drug-likeness (QED) is 0.380. The van der Waals surface area contributed by atoms with E-state index in [9.17, 15) is 0 Å². The summed E-state index contributed by atoms with van der Waals surface area (Å²) in [4.78, 5) is 3.46. The van der Waals surface area contributed by atoms with Crippen molar-refractivity contribution in [2.24, 2.45) is 5.73 Å². The van der Waals surface area contributed by atoms with Gasteiger partial charge in [0.05, 0.1) is 0 Å². The van der Waals surface area contributed by atoms with Crippen LogP contribution in [0.2, 0.25) is 0 Å². The van der Waals surface area contributed by atoms with Gasteiger partial charge in [-0.25, -0.2) is 0 Å². The number of rotatable bonds is 3. The number of guanidine groups is 1. The van der Waals surface area contributed by atoms with Crippen molar-refractivity contribution in [1.29, 1.82) is 5.41 Å². The molecule has 2 heterocycles. The average Bonchev–Trinajstić information content (AvgIpc) is 2.99. The second-order valence-corrected chi connectivity index (χ2v) is 5.89. The molecule has 0 bridgehead atoms. The largest absolute Gasteiger partial charge is 0.370 e. The number of para-hydroxylation sites is 1. The van der Waals surface area contributed by atoms with Gasteiger partial charge in [-0.2, -0.15) is 0 Å². The van der Waals surface area contributed by atoms with Gasteiger partial charge in [-0.15, -0.1) is 0 Å². The van der Waals surface area contributed by atoms with Gasteiger partial charge in [0.2, 0.25) is 0 Å². The first-order valence-electron chi connectivity index (χ1n) is 7.94. The van der Waals surface area contributed by atoms with Gasteiger partial charge in [-0.05, 0) is 28.8 Å². The van der Waals surface area contributed by atoms with Gasteiger partial charge in [0.1, 0.15) is 5.82 Å². The van der Waals surface area contributed by atoms with Gasteiger partial charge in [-0.1, -0.05) is 42.5 Å². The Hall–Kier alpha value is -3.21. The van der Waals surface area contributed by atoms with Crippen LogP contribution in [0.15, 0.2) is 54.6 Å². The maximum absolute atomic E-state index is 7.30. The number of H-pyrrole nitrogens is 1. The minimum absolute atomic E-state index is 0.0135. The third kappa shape index (κ3) is 2.50. The van der Waals surface area contributed by atoms with Crippen LogP contribution in [0, 0.1) is 5.41 Å². The smallest absolute Gasteiger partial charge is 0.185 e. The van der Waals surface area contributed by atoms with Crippen molar-refractivity contribution in [3.8, 4) is 0 Å². The number of aromatic amines is 1. The first-order valence-corrected chi connectivity index (χ1v) is 7.94. The van der Waals surface area contributed by atoms with Gasteiger partial charge < -0.3 is 21.4 Å². The van der Waals surface area contributed by atoms with E-state index in [0.717, 1.165) is 23.4 Å². The Morgan fingerprint density at radius 3 is 2.92 bits per heavy atom. The summed E-state index contributed by atoms with van der Waals surface area (Å²) in [6.45, 7) is 1.35. The minimum Gasteiger partial charge on any atom is -0.370 e. The molecule has 0 fully saturated rings. The lowest BCUT2D eigenvalue weighted by atomic mass is 9.93. The van der Waals surface area contributed by atoms with E-state index < -0.39 is 0 Å². The fraction of sp³-hybridized carbons (Fsp3) is 0.105. The maximum Gasteiger partial charge on any atom is 0.185 e. The molecular weight excluding hydrogens is 298 g/mol. The summed E-state index contributed by atoms with van der Waals surface area (Å²) >= 11 is 0. The molecule has 4 rings (SSSR count). The van der Waals surface area contributed by atoms with Gasteiger partial charge in [0.25, 0.3) is 0 Å². The number of anilines is 1. The summed E-state index contributed by atoms with van der Waals surface area (Å²) in [5.41, 5.74) is 11.2. The fourth-order valence-electron chi connectivity index (χ4n) is 3.22. The van der Waals surface area contributed by atoms with E-state index in [1.807, 2.05) is 18.2 Å². The van der Waals surface area contributed by atoms with Gasteiger partial charge in [0.15, 0.2) is 5.96 Å². The minimum atomic E-state index is -0.0135. The van der Waals surface area contributed by atoms with Crippen LogP contribution in [0.3, 0.4) is 0 Å². The third-order valence-corrected chi connectivity index (χ3v) is 4.28. The molecule has 0 saturated carbocycles. The molecule has 1 aliphatic heterocycles. The zero-order valence-corrected chi connectivity index (χ0v) is 13.2. The molecule has 0 unspecified atom stereocenters. The van der Waals surface area contributed by atoms with E-state index in [2.05, 4.69) is 52.0 Å². The van der Waals surface area contributed by atoms with Crippen LogP contribution < -0.4 is 16.4 Å². The van der Waals surface area contributed by atoms with Crippen LogP contribution in [0.1, 0.15) is 16.7 Å². The molecule has 5 nitrogen and oxygen atoms in total. The van der Waals surface area contributed by atoms with Crippen LogP contribution in [0.5, 0.6) is 0 Å². The summed E-state index contributed by atoms with van der Waals surface area (Å²) in [5.74, 6) is 1.06. The Morgan fingerprint density at radius 2 is 2.04 bits per heavy atom. The van der Waals surface area contributed by atoms with Crippen molar-refractivity contribution in [3.63, 3.8) is 0 Å². The summed E-state index contributed by atoms with van der Waals surface area (Å²) in [6.07, 6.45) is 2.22. The molecule has 5 heteroatoms. The highest BCUT2D eigenvalue weighted by Gasteiger charge is 2.19. The summed E-state index contributed by atoms with van der Waals surface area (Å²) in [7, 11) is 0. The Balaban J connectivity index is 1.77. The highest BCUT2D eigenvalue weighted by molar-refractivity contribution is 6.03.